The van der Waals surface area contributed by atoms with E-state index in [9.17, 15) is 4.79 Å². The van der Waals surface area contributed by atoms with E-state index in [1.54, 1.807) is 12.3 Å². The molecule has 1 heterocycles. The minimum absolute atomic E-state index is 0.0990. The third-order valence-corrected chi connectivity index (χ3v) is 4.22. The number of rotatable bonds is 6. The van der Waals surface area contributed by atoms with Crippen molar-refractivity contribution in [2.24, 2.45) is 5.92 Å². The molecule has 122 valence electrons. The van der Waals surface area contributed by atoms with Gasteiger partial charge in [0.2, 0.25) is 0 Å². The molecule has 0 spiro atoms. The second-order valence-electron chi connectivity index (χ2n) is 6.23. The highest BCUT2D eigenvalue weighted by Gasteiger charge is 2.21. The van der Waals surface area contributed by atoms with E-state index in [1.165, 1.54) is 19.3 Å². The molecule has 22 heavy (non-hydrogen) atoms. The zero-order chi connectivity index (χ0) is 15.9. The molecular weight excluding hydrogens is 278 g/mol. The van der Waals surface area contributed by atoms with Gasteiger partial charge in [0.15, 0.2) is 0 Å². The first-order valence-electron chi connectivity index (χ1n) is 8.11. The fourth-order valence-corrected chi connectivity index (χ4v) is 2.79. The third kappa shape index (κ3) is 4.70. The van der Waals surface area contributed by atoms with Gasteiger partial charge in [-0.2, -0.15) is 0 Å². The van der Waals surface area contributed by atoms with Crippen LogP contribution in [0, 0.1) is 5.92 Å². The number of anilines is 1. The average molecular weight is 305 g/mol. The third-order valence-electron chi connectivity index (χ3n) is 4.22. The van der Waals surface area contributed by atoms with Crippen LogP contribution in [-0.2, 0) is 4.74 Å². The van der Waals surface area contributed by atoms with E-state index < -0.39 is 0 Å². The number of nitrogens with one attached hydrogen (secondary N) is 1. The summed E-state index contributed by atoms with van der Waals surface area (Å²) in [5.41, 5.74) is 0.580. The normalized spacial score (nSPS) is 21.4. The smallest absolute Gasteiger partial charge is 0.252 e. The lowest BCUT2D eigenvalue weighted by molar-refractivity contribution is -0.00294. The zero-order valence-corrected chi connectivity index (χ0v) is 13.8. The van der Waals surface area contributed by atoms with Crippen molar-refractivity contribution in [2.45, 2.75) is 38.7 Å². The molecule has 1 aliphatic rings. The maximum atomic E-state index is 12.0. The van der Waals surface area contributed by atoms with Crippen LogP contribution in [0.2, 0.25) is 0 Å². The Labute approximate surface area is 133 Å². The Balaban J connectivity index is 1.71. The van der Waals surface area contributed by atoms with Crippen molar-refractivity contribution < 1.29 is 9.53 Å². The average Bonchev–Trinajstić information content (AvgIpc) is 2.53. The number of aromatic nitrogens is 1. The monoisotopic (exact) mass is 305 g/mol. The predicted octanol–water partition coefficient (Wildman–Crippen LogP) is 2.47. The Morgan fingerprint density at radius 2 is 2.14 bits per heavy atom. The first-order chi connectivity index (χ1) is 10.6. The van der Waals surface area contributed by atoms with Crippen LogP contribution in [0.3, 0.4) is 0 Å². The van der Waals surface area contributed by atoms with Crippen LogP contribution in [0.4, 0.5) is 5.82 Å². The van der Waals surface area contributed by atoms with Gasteiger partial charge in [0.05, 0.1) is 18.3 Å². The van der Waals surface area contributed by atoms with Gasteiger partial charge in [-0.05, 0) is 30.9 Å². The second kappa shape index (κ2) is 8.13. The lowest BCUT2D eigenvalue weighted by Gasteiger charge is -2.28. The number of pyridine rings is 1. The maximum absolute atomic E-state index is 12.0. The Bertz CT molecular complexity index is 473. The van der Waals surface area contributed by atoms with Crippen molar-refractivity contribution in [1.29, 1.82) is 0 Å². The summed E-state index contributed by atoms with van der Waals surface area (Å²) in [6.07, 6.45) is 6.92. The number of hydrogen-bond donors (Lipinski definition) is 1. The lowest BCUT2D eigenvalue weighted by atomic mass is 9.88. The molecule has 0 aromatic carbocycles. The Morgan fingerprint density at radius 3 is 2.77 bits per heavy atom. The van der Waals surface area contributed by atoms with Crippen molar-refractivity contribution in [3.63, 3.8) is 0 Å². The van der Waals surface area contributed by atoms with Gasteiger partial charge in [-0.1, -0.05) is 19.8 Å². The van der Waals surface area contributed by atoms with Gasteiger partial charge in [-0.3, -0.25) is 4.79 Å². The topological polar surface area (TPSA) is 54.5 Å². The summed E-state index contributed by atoms with van der Waals surface area (Å²) in [5, 5.41) is 2.88. The summed E-state index contributed by atoms with van der Waals surface area (Å²) >= 11 is 0. The SMILES string of the molecule is CC1CCCCC1OCCNC(=O)c1ccc(N(C)C)nc1. The Hall–Kier alpha value is -1.62. The van der Waals surface area contributed by atoms with Crippen LogP contribution in [0.5, 0.6) is 0 Å². The highest BCUT2D eigenvalue weighted by atomic mass is 16.5. The molecule has 1 saturated carbocycles. The van der Waals surface area contributed by atoms with Gasteiger partial charge in [0, 0.05) is 26.8 Å². The van der Waals surface area contributed by atoms with Crippen molar-refractivity contribution in [1.82, 2.24) is 10.3 Å². The molecule has 1 aromatic heterocycles. The molecule has 1 aliphatic carbocycles. The molecule has 1 aromatic rings. The molecule has 5 nitrogen and oxygen atoms in total. The largest absolute Gasteiger partial charge is 0.376 e. The van der Waals surface area contributed by atoms with E-state index in [0.717, 1.165) is 12.2 Å². The minimum Gasteiger partial charge on any atom is -0.376 e. The van der Waals surface area contributed by atoms with Crippen molar-refractivity contribution >= 4 is 11.7 Å². The molecule has 2 unspecified atom stereocenters. The number of hydrogen-bond acceptors (Lipinski definition) is 4. The summed E-state index contributed by atoms with van der Waals surface area (Å²) in [6.45, 7) is 3.36. The molecule has 1 fully saturated rings. The summed E-state index contributed by atoms with van der Waals surface area (Å²) < 4.78 is 5.90. The first-order valence-corrected chi connectivity index (χ1v) is 8.11. The molecular formula is C17H27N3O2. The van der Waals surface area contributed by atoms with Crippen molar-refractivity contribution in [2.75, 3.05) is 32.1 Å². The van der Waals surface area contributed by atoms with E-state index >= 15 is 0 Å². The van der Waals surface area contributed by atoms with E-state index in [1.807, 2.05) is 25.1 Å². The van der Waals surface area contributed by atoms with Crippen molar-refractivity contribution in [3.05, 3.63) is 23.9 Å². The maximum Gasteiger partial charge on any atom is 0.252 e. The summed E-state index contributed by atoms with van der Waals surface area (Å²) in [4.78, 5) is 18.2. The van der Waals surface area contributed by atoms with Crippen LogP contribution in [0.15, 0.2) is 18.3 Å². The molecule has 0 saturated heterocycles. The van der Waals surface area contributed by atoms with Crippen LogP contribution >= 0.6 is 0 Å². The highest BCUT2D eigenvalue weighted by molar-refractivity contribution is 5.94. The summed E-state index contributed by atoms with van der Waals surface area (Å²) in [6, 6.07) is 3.64. The van der Waals surface area contributed by atoms with E-state index in [2.05, 4.69) is 17.2 Å². The second-order valence-corrected chi connectivity index (χ2v) is 6.23. The zero-order valence-electron chi connectivity index (χ0n) is 13.8. The van der Waals surface area contributed by atoms with Gasteiger partial charge >= 0.3 is 0 Å². The number of amides is 1. The quantitative estimate of drug-likeness (QED) is 0.820. The van der Waals surface area contributed by atoms with Gasteiger partial charge < -0.3 is 15.0 Å². The Morgan fingerprint density at radius 1 is 1.36 bits per heavy atom. The molecule has 2 atom stereocenters. The first kappa shape index (κ1) is 16.7. The lowest BCUT2D eigenvalue weighted by Crippen LogP contribution is -2.31. The van der Waals surface area contributed by atoms with Gasteiger partial charge in [0.25, 0.3) is 5.91 Å². The predicted molar refractivity (Wildman–Crippen MR) is 88.3 cm³/mol. The van der Waals surface area contributed by atoms with E-state index in [4.69, 9.17) is 4.74 Å². The van der Waals surface area contributed by atoms with Gasteiger partial charge in [-0.25, -0.2) is 4.98 Å². The molecule has 1 amide bonds. The van der Waals surface area contributed by atoms with Crippen molar-refractivity contribution in [3.8, 4) is 0 Å². The molecule has 1 N–H and O–H groups in total. The van der Waals surface area contributed by atoms with Crippen LogP contribution in [-0.4, -0.2) is 44.2 Å². The number of carbonyl (C=O) groups is 1. The summed E-state index contributed by atoms with van der Waals surface area (Å²) in [5.74, 6) is 1.37. The van der Waals surface area contributed by atoms with Gasteiger partial charge in [-0.15, -0.1) is 0 Å². The molecule has 0 radical (unpaired) electrons. The van der Waals surface area contributed by atoms with E-state index in [0.29, 0.717) is 30.7 Å². The molecule has 5 heteroatoms. The van der Waals surface area contributed by atoms with Gasteiger partial charge in [0.1, 0.15) is 5.82 Å². The van der Waals surface area contributed by atoms with E-state index in [-0.39, 0.29) is 5.91 Å². The van der Waals surface area contributed by atoms with Crippen LogP contribution in [0.1, 0.15) is 43.0 Å². The number of carbonyl (C=O) groups excluding carboxylic acids is 1. The minimum atomic E-state index is -0.0990. The molecule has 0 aliphatic heterocycles. The number of ether oxygens (including phenoxy) is 1. The molecule has 0 bridgehead atoms. The highest BCUT2D eigenvalue weighted by Crippen LogP contribution is 2.25. The standard InChI is InChI=1S/C17H27N3O2/c1-13-6-4-5-7-15(13)22-11-10-18-17(21)14-8-9-16(19-12-14)20(2)3/h8-9,12-13,15H,4-7,10-11H2,1-3H3,(H,18,21). The number of nitrogens with zero attached hydrogens (tertiary/aromatic N) is 2. The molecule has 2 rings (SSSR count). The fourth-order valence-electron chi connectivity index (χ4n) is 2.79. The van der Waals surface area contributed by atoms with Crippen LogP contribution < -0.4 is 10.2 Å². The van der Waals surface area contributed by atoms with Crippen LogP contribution in [0.25, 0.3) is 0 Å². The Kier molecular flexibility index (Phi) is 6.19. The fraction of sp³-hybridized carbons (Fsp3) is 0.647. The summed E-state index contributed by atoms with van der Waals surface area (Å²) in [7, 11) is 3.84.